The number of hydrazone groups is 1. The molecule has 0 radical (unpaired) electrons. The number of ketones is 3. The summed E-state index contributed by atoms with van der Waals surface area (Å²) in [4.78, 5) is 49.5. The van der Waals surface area contributed by atoms with Gasteiger partial charge < -0.3 is 34.3 Å². The average Bonchev–Trinajstić information content (AvgIpc) is 3.00. The monoisotopic (exact) mass is 730 g/mol. The first-order valence-electron chi connectivity index (χ1n) is 12.5. The van der Waals surface area contributed by atoms with E-state index < -0.39 is 103 Å². The van der Waals surface area contributed by atoms with E-state index in [2.05, 4.69) is 21.4 Å². The van der Waals surface area contributed by atoms with Crippen molar-refractivity contribution in [1.82, 2.24) is 5.43 Å². The van der Waals surface area contributed by atoms with Gasteiger partial charge in [0, 0.05) is 11.6 Å². The molecule has 0 saturated heterocycles. The number of aliphatic hydroxyl groups is 2. The van der Waals surface area contributed by atoms with Crippen molar-refractivity contribution in [2.45, 2.75) is 9.79 Å². The smallest absolute Gasteiger partial charge is 0.744 e. The van der Waals surface area contributed by atoms with Gasteiger partial charge in [-0.15, -0.1) is 0 Å². The van der Waals surface area contributed by atoms with Crippen molar-refractivity contribution >= 4 is 71.7 Å². The van der Waals surface area contributed by atoms with Crippen molar-refractivity contribution in [3.63, 3.8) is 0 Å². The summed E-state index contributed by atoms with van der Waals surface area (Å²) in [6, 6.07) is 8.19. The third kappa shape index (κ3) is 8.05. The molecule has 0 atom stereocenters. The number of carbonyl (C=O) groups excluding carboxylic acids is 3. The quantitative estimate of drug-likeness (QED) is 0.0412. The van der Waals surface area contributed by atoms with Crippen LogP contribution < -0.4 is 91.5 Å². The maximum Gasteiger partial charge on any atom is 1.00 e. The summed E-state index contributed by atoms with van der Waals surface area (Å²) in [5.74, 6) is -7.89. The van der Waals surface area contributed by atoms with Crippen LogP contribution in [0.3, 0.4) is 0 Å². The molecule has 5 rings (SSSR count). The molecule has 0 fully saturated rings. The Hall–Kier alpha value is -4.09. The van der Waals surface area contributed by atoms with Crippen LogP contribution in [0, 0.1) is 0 Å². The Morgan fingerprint density at radius 3 is 1.76 bits per heavy atom. The van der Waals surface area contributed by atoms with E-state index in [0.29, 0.717) is 12.2 Å². The normalized spacial score (nSPS) is 15.4. The number of fused-ring (bicyclic) bond motifs is 1. The number of rotatable bonds is 8. The molecule has 242 valence electrons. The molecule has 0 amide bonds. The zero-order chi connectivity index (χ0) is 34.4. The van der Waals surface area contributed by atoms with Gasteiger partial charge in [-0.2, -0.15) is 5.10 Å². The average molecular weight is 731 g/mol. The Bertz CT molecular complexity index is 2420. The van der Waals surface area contributed by atoms with E-state index in [-0.39, 0.29) is 70.5 Å². The van der Waals surface area contributed by atoms with E-state index >= 15 is 0 Å². The van der Waals surface area contributed by atoms with Crippen LogP contribution in [-0.2, 0) is 34.6 Å². The van der Waals surface area contributed by atoms with E-state index in [1.54, 1.807) is 0 Å². The number of aliphatic hydroxyl groups excluding tert-OH is 2. The van der Waals surface area contributed by atoms with Gasteiger partial charge in [-0.25, -0.2) is 16.8 Å². The standard InChI is InChI=1S/C27H18N4O14S2.2Na/c32-16-9-11(10-17(33)21(16)34)26-25(38)23(36)18-22(35)19(30-28-12-1-5-14(6-2-12)46(39,40)41)24(37)20(27(18)45-26)31-29-13-3-7-15(8-4-13)47(42,43)44;;/h1-10,28-29,31-32,35,38H,(H,39,40,41)(H,42,43,44);;/q;2*+1/p-2/b30-19-;;. The second-order valence-corrected chi connectivity index (χ2v) is 12.2. The molecule has 0 aliphatic heterocycles. The first kappa shape index (κ1) is 39.3. The van der Waals surface area contributed by atoms with Gasteiger partial charge in [0.2, 0.25) is 22.7 Å². The van der Waals surface area contributed by atoms with Crippen LogP contribution in [0.2, 0.25) is 0 Å². The first-order chi connectivity index (χ1) is 22.0. The molecule has 2 aliphatic rings. The van der Waals surface area contributed by atoms with Gasteiger partial charge in [-0.05, 0) is 54.6 Å². The third-order valence-electron chi connectivity index (χ3n) is 6.43. The minimum Gasteiger partial charge on any atom is -0.744 e. The number of nitrogens with zero attached hydrogens (tertiary/aromatic N) is 1. The number of hydrogen-bond acceptors (Lipinski definition) is 18. The summed E-state index contributed by atoms with van der Waals surface area (Å²) in [7, 11) is -9.58. The summed E-state index contributed by atoms with van der Waals surface area (Å²) in [6.45, 7) is 0. The van der Waals surface area contributed by atoms with E-state index in [4.69, 9.17) is 4.42 Å². The molecule has 2 aromatic carbocycles. The zero-order valence-electron chi connectivity index (χ0n) is 24.9. The van der Waals surface area contributed by atoms with Gasteiger partial charge in [0.1, 0.15) is 31.2 Å². The van der Waals surface area contributed by atoms with Crippen LogP contribution in [0.5, 0.6) is 5.75 Å². The predicted molar refractivity (Wildman–Crippen MR) is 156 cm³/mol. The van der Waals surface area contributed by atoms with Crippen LogP contribution in [-0.4, -0.2) is 64.3 Å². The molecular weight excluding hydrogens is 714 g/mol. The van der Waals surface area contributed by atoms with Crippen LogP contribution in [0.1, 0.15) is 5.76 Å². The van der Waals surface area contributed by atoms with Crippen LogP contribution in [0.4, 0.5) is 11.4 Å². The van der Waals surface area contributed by atoms with E-state index in [1.807, 2.05) is 0 Å². The molecule has 49 heavy (non-hydrogen) atoms. The fourth-order valence-corrected chi connectivity index (χ4v) is 5.09. The van der Waals surface area contributed by atoms with E-state index in [9.17, 15) is 60.4 Å². The Labute approximate surface area is 318 Å². The van der Waals surface area contributed by atoms with Crippen LogP contribution in [0.15, 0.2) is 90.5 Å². The number of anilines is 2. The van der Waals surface area contributed by atoms with Crippen molar-refractivity contribution in [3.05, 3.63) is 93.1 Å². The first-order valence-corrected chi connectivity index (χ1v) is 15.4. The molecular formula is C27H16N4Na2O14S2. The summed E-state index contributed by atoms with van der Waals surface area (Å²) < 4.78 is 72.9. The number of benzene rings is 2. The van der Waals surface area contributed by atoms with Gasteiger partial charge in [-0.1, -0.05) is 0 Å². The fraction of sp³-hybridized carbons (Fsp3) is 0. The Balaban J connectivity index is 0.00000325. The molecule has 1 aromatic heterocycles. The van der Waals surface area contributed by atoms with Gasteiger partial charge in [0.25, 0.3) is 5.78 Å². The second-order valence-electron chi connectivity index (χ2n) is 9.47. The van der Waals surface area contributed by atoms with E-state index in [0.717, 1.165) is 48.5 Å². The number of aromatic hydroxyl groups is 1. The van der Waals surface area contributed by atoms with Crippen molar-refractivity contribution in [2.75, 3.05) is 10.9 Å². The van der Waals surface area contributed by atoms with Gasteiger partial charge in [0.05, 0.1) is 21.2 Å². The van der Waals surface area contributed by atoms with Crippen LogP contribution >= 0.6 is 0 Å². The zero-order valence-corrected chi connectivity index (χ0v) is 30.5. The number of nitrogens with one attached hydrogen (secondary N) is 3. The molecule has 22 heteroatoms. The second kappa shape index (κ2) is 14.8. The summed E-state index contributed by atoms with van der Waals surface area (Å²) >= 11 is 0. The van der Waals surface area contributed by atoms with Gasteiger partial charge >= 0.3 is 59.1 Å². The molecule has 2 aliphatic carbocycles. The summed E-state index contributed by atoms with van der Waals surface area (Å²) in [5.41, 5.74) is 3.23. The van der Waals surface area contributed by atoms with E-state index in [1.165, 1.54) is 0 Å². The Kier molecular flexibility index (Phi) is 11.9. The Morgan fingerprint density at radius 2 is 1.24 bits per heavy atom. The number of hydrogen-bond donors (Lipinski definition) is 6. The van der Waals surface area contributed by atoms with Crippen molar-refractivity contribution in [2.24, 2.45) is 5.10 Å². The summed E-state index contributed by atoms with van der Waals surface area (Å²) in [5, 5.41) is 34.4. The Morgan fingerprint density at radius 1 is 0.714 bits per heavy atom. The van der Waals surface area contributed by atoms with Crippen molar-refractivity contribution in [1.29, 1.82) is 0 Å². The van der Waals surface area contributed by atoms with Gasteiger partial charge in [0.15, 0.2) is 28.4 Å². The maximum absolute atomic E-state index is 13.6. The largest absolute Gasteiger partial charge is 1.00 e. The third-order valence-corrected chi connectivity index (χ3v) is 8.13. The molecule has 0 bridgehead atoms. The van der Waals surface area contributed by atoms with Crippen molar-refractivity contribution in [3.8, 4) is 5.75 Å². The SMILES string of the molecule is O=C1C=C(c2oc3c(c(=O)c2O)=C(O)/C(=N/Nc2ccc(S(=O)(=O)[O-])cc2)C(=O)C=3NNc2ccc(S(=O)(=O)[O-])cc2)C=C(O)C1=O.[Na+].[Na+]. The topological polar surface area (TPSA) is 305 Å². The molecule has 0 spiro atoms. The minimum absolute atomic E-state index is 0. The molecule has 3 aromatic rings. The molecule has 1 heterocycles. The van der Waals surface area contributed by atoms with Gasteiger partial charge in [-0.3, -0.25) is 30.0 Å². The number of hydrazine groups is 1. The fourth-order valence-electron chi connectivity index (χ4n) is 4.15. The number of carbonyl (C=O) groups is 3. The van der Waals surface area contributed by atoms with Crippen molar-refractivity contribution < 1.29 is 119 Å². The minimum atomic E-state index is -4.79. The molecule has 0 unspecified atom stereocenters. The number of allylic oxidation sites excluding steroid dienone is 4. The number of Topliss-reactive ketones (excluding diaryl/α,β-unsaturated/α-hetero) is 2. The molecule has 0 saturated carbocycles. The predicted octanol–water partition coefficient (Wildman–Crippen LogP) is -7.42. The molecule has 6 N–H and O–H groups in total. The maximum atomic E-state index is 13.6. The van der Waals surface area contributed by atoms with Crippen LogP contribution in [0.25, 0.3) is 17.0 Å². The summed E-state index contributed by atoms with van der Waals surface area (Å²) in [6.07, 6.45) is 1.34. The molecule has 18 nitrogen and oxygen atoms in total.